The maximum Gasteiger partial charge on any atom is 0.194 e. The summed E-state index contributed by atoms with van der Waals surface area (Å²) in [6.45, 7) is 0. The zero-order valence-electron chi connectivity index (χ0n) is 10.3. The van der Waals surface area contributed by atoms with Gasteiger partial charge in [0.1, 0.15) is 0 Å². The molecule has 0 aromatic heterocycles. The fourth-order valence-electron chi connectivity index (χ4n) is 2.85. The number of ketones is 1. The number of benzene rings is 3. The Morgan fingerprint density at radius 3 is 2.25 bits per heavy atom. The number of carbonyl (C=O) groups excluding carboxylic acids is 1. The van der Waals surface area contributed by atoms with E-state index in [4.69, 9.17) is 0 Å². The van der Waals surface area contributed by atoms with Crippen LogP contribution in [-0.2, 0) is 0 Å². The lowest BCUT2D eigenvalue weighted by molar-refractivity contribution is 0.104. The third kappa shape index (κ3) is 1.63. The van der Waals surface area contributed by atoms with E-state index >= 15 is 0 Å². The Kier molecular flexibility index (Phi) is 2.63. The summed E-state index contributed by atoms with van der Waals surface area (Å²) >= 11 is 6.99. The molecule has 0 heterocycles. The highest BCUT2D eigenvalue weighted by Gasteiger charge is 2.28. The highest BCUT2D eigenvalue weighted by Crippen LogP contribution is 2.42. The Hall–Kier alpha value is -1.45. The summed E-state index contributed by atoms with van der Waals surface area (Å²) in [5, 5.41) is 2.26. The Bertz CT molecular complexity index is 897. The van der Waals surface area contributed by atoms with E-state index in [0.29, 0.717) is 0 Å². The minimum absolute atomic E-state index is 0.118. The molecule has 3 heteroatoms. The number of halogens is 2. The summed E-state index contributed by atoms with van der Waals surface area (Å²) in [5.41, 5.74) is 3.66. The van der Waals surface area contributed by atoms with Crippen molar-refractivity contribution in [2.24, 2.45) is 0 Å². The van der Waals surface area contributed by atoms with Crippen molar-refractivity contribution in [1.29, 1.82) is 0 Å². The van der Waals surface area contributed by atoms with Crippen molar-refractivity contribution in [2.45, 2.75) is 0 Å². The highest BCUT2D eigenvalue weighted by molar-refractivity contribution is 9.10. The van der Waals surface area contributed by atoms with Crippen molar-refractivity contribution in [3.8, 4) is 11.1 Å². The van der Waals surface area contributed by atoms with E-state index in [1.54, 1.807) is 0 Å². The van der Waals surface area contributed by atoms with Crippen molar-refractivity contribution >= 4 is 48.4 Å². The van der Waals surface area contributed by atoms with Crippen LogP contribution in [0.4, 0.5) is 0 Å². The summed E-state index contributed by atoms with van der Waals surface area (Å²) in [4.78, 5) is 12.5. The highest BCUT2D eigenvalue weighted by atomic mass is 79.9. The third-order valence-electron chi connectivity index (χ3n) is 3.72. The van der Waals surface area contributed by atoms with Crippen LogP contribution in [0.1, 0.15) is 15.9 Å². The monoisotopic (exact) mass is 386 g/mol. The van der Waals surface area contributed by atoms with Crippen LogP contribution in [0.5, 0.6) is 0 Å². The minimum Gasteiger partial charge on any atom is -0.289 e. The molecule has 0 spiro atoms. The Labute approximate surface area is 132 Å². The lowest BCUT2D eigenvalue weighted by Gasteiger charge is -2.06. The fourth-order valence-corrected chi connectivity index (χ4v) is 3.59. The average Bonchev–Trinajstić information content (AvgIpc) is 2.71. The predicted molar refractivity (Wildman–Crippen MR) is 88.2 cm³/mol. The molecule has 1 aliphatic carbocycles. The van der Waals surface area contributed by atoms with Crippen LogP contribution >= 0.6 is 31.9 Å². The van der Waals surface area contributed by atoms with Crippen LogP contribution < -0.4 is 0 Å². The number of fused-ring (bicyclic) bond motifs is 5. The molecule has 3 aromatic rings. The van der Waals surface area contributed by atoms with Gasteiger partial charge in [-0.3, -0.25) is 4.79 Å². The van der Waals surface area contributed by atoms with E-state index in [0.717, 1.165) is 42.0 Å². The van der Waals surface area contributed by atoms with Gasteiger partial charge in [0, 0.05) is 25.6 Å². The molecule has 0 N–H and O–H groups in total. The van der Waals surface area contributed by atoms with Crippen molar-refractivity contribution in [2.75, 3.05) is 0 Å². The lowest BCUT2D eigenvalue weighted by Crippen LogP contribution is -1.94. The van der Waals surface area contributed by atoms with E-state index in [2.05, 4.69) is 44.0 Å². The van der Waals surface area contributed by atoms with E-state index < -0.39 is 0 Å². The van der Waals surface area contributed by atoms with Crippen LogP contribution in [0.3, 0.4) is 0 Å². The molecule has 0 amide bonds. The quantitative estimate of drug-likeness (QED) is 0.385. The smallest absolute Gasteiger partial charge is 0.194 e. The second kappa shape index (κ2) is 4.27. The van der Waals surface area contributed by atoms with Gasteiger partial charge in [0.2, 0.25) is 0 Å². The van der Waals surface area contributed by atoms with Gasteiger partial charge >= 0.3 is 0 Å². The molecule has 96 valence electrons. The van der Waals surface area contributed by atoms with Crippen molar-refractivity contribution < 1.29 is 4.79 Å². The van der Waals surface area contributed by atoms with E-state index in [9.17, 15) is 4.79 Å². The van der Waals surface area contributed by atoms with Crippen LogP contribution in [0.25, 0.3) is 21.9 Å². The molecular weight excluding hydrogens is 380 g/mol. The zero-order valence-corrected chi connectivity index (χ0v) is 13.5. The minimum atomic E-state index is 0.118. The van der Waals surface area contributed by atoms with Gasteiger partial charge in [-0.05, 0) is 52.7 Å². The van der Waals surface area contributed by atoms with Gasteiger partial charge < -0.3 is 0 Å². The summed E-state index contributed by atoms with van der Waals surface area (Å²) in [6.07, 6.45) is 0. The maximum absolute atomic E-state index is 12.5. The number of hydrogen-bond acceptors (Lipinski definition) is 1. The van der Waals surface area contributed by atoms with Gasteiger partial charge in [-0.25, -0.2) is 0 Å². The molecule has 0 radical (unpaired) electrons. The number of rotatable bonds is 0. The average molecular weight is 388 g/mol. The molecule has 20 heavy (non-hydrogen) atoms. The summed E-state index contributed by atoms with van der Waals surface area (Å²) in [7, 11) is 0. The number of hydrogen-bond donors (Lipinski definition) is 0. The molecule has 0 aliphatic heterocycles. The van der Waals surface area contributed by atoms with Crippen LogP contribution in [0.15, 0.2) is 57.5 Å². The molecule has 0 saturated heterocycles. The SMILES string of the molecule is O=C1c2ccc(Br)cc2-c2c1ccc1cc(Br)ccc21. The van der Waals surface area contributed by atoms with Gasteiger partial charge in [-0.1, -0.05) is 44.0 Å². The normalized spacial score (nSPS) is 12.6. The largest absolute Gasteiger partial charge is 0.289 e. The predicted octanol–water partition coefficient (Wildman–Crippen LogP) is 5.58. The Balaban J connectivity index is 2.17. The second-order valence-electron chi connectivity index (χ2n) is 4.87. The fraction of sp³-hybridized carbons (Fsp3) is 0. The van der Waals surface area contributed by atoms with Gasteiger partial charge in [-0.2, -0.15) is 0 Å². The lowest BCUT2D eigenvalue weighted by atomic mass is 9.98. The second-order valence-corrected chi connectivity index (χ2v) is 6.70. The van der Waals surface area contributed by atoms with Crippen molar-refractivity contribution in [3.05, 3.63) is 68.6 Å². The van der Waals surface area contributed by atoms with Gasteiger partial charge in [0.25, 0.3) is 0 Å². The molecule has 0 fully saturated rings. The van der Waals surface area contributed by atoms with Crippen LogP contribution in [0.2, 0.25) is 0 Å². The molecule has 1 nitrogen and oxygen atoms in total. The van der Waals surface area contributed by atoms with Gasteiger partial charge in [0.05, 0.1) is 0 Å². The van der Waals surface area contributed by atoms with Gasteiger partial charge in [0.15, 0.2) is 5.78 Å². The topological polar surface area (TPSA) is 17.1 Å². The maximum atomic E-state index is 12.5. The molecule has 3 aromatic carbocycles. The molecular formula is C17H8Br2O. The first-order chi connectivity index (χ1) is 9.65. The van der Waals surface area contributed by atoms with Crippen LogP contribution in [-0.4, -0.2) is 5.78 Å². The summed E-state index contributed by atoms with van der Waals surface area (Å²) < 4.78 is 2.04. The first kappa shape index (κ1) is 12.3. The first-order valence-corrected chi connectivity index (χ1v) is 7.80. The van der Waals surface area contributed by atoms with E-state index in [1.165, 1.54) is 0 Å². The number of carbonyl (C=O) groups is 1. The molecule has 0 unspecified atom stereocenters. The van der Waals surface area contributed by atoms with E-state index in [1.807, 2.05) is 36.4 Å². The third-order valence-corrected chi connectivity index (χ3v) is 4.71. The molecule has 1 aliphatic rings. The molecule has 0 saturated carbocycles. The first-order valence-electron chi connectivity index (χ1n) is 6.22. The van der Waals surface area contributed by atoms with Crippen LogP contribution in [0, 0.1) is 0 Å². The molecule has 4 rings (SSSR count). The standard InChI is InChI=1S/C17H8Br2O/c18-10-2-5-12-9(7-10)1-4-14-16(12)15-8-11(19)3-6-13(15)17(14)20/h1-8H. The summed E-state index contributed by atoms with van der Waals surface area (Å²) in [5.74, 6) is 0.118. The van der Waals surface area contributed by atoms with Crippen molar-refractivity contribution in [1.82, 2.24) is 0 Å². The molecule has 0 bridgehead atoms. The van der Waals surface area contributed by atoms with Crippen molar-refractivity contribution in [3.63, 3.8) is 0 Å². The Morgan fingerprint density at radius 1 is 0.700 bits per heavy atom. The molecule has 0 atom stereocenters. The zero-order chi connectivity index (χ0) is 13.9. The Morgan fingerprint density at radius 2 is 1.40 bits per heavy atom. The summed E-state index contributed by atoms with van der Waals surface area (Å²) in [6, 6.07) is 16.0. The van der Waals surface area contributed by atoms with E-state index in [-0.39, 0.29) is 5.78 Å². The van der Waals surface area contributed by atoms with Gasteiger partial charge in [-0.15, -0.1) is 0 Å².